The number of pyridine rings is 1. The Hall–Kier alpha value is -1.67. The fraction of sp³-hybridized carbons (Fsp3) is 0.353. The molecule has 98 valence electrons. The van der Waals surface area contributed by atoms with E-state index in [2.05, 4.69) is 54.5 Å². The summed E-state index contributed by atoms with van der Waals surface area (Å²) in [6, 6.07) is 13.3. The van der Waals surface area contributed by atoms with Crippen LogP contribution in [0.5, 0.6) is 0 Å². The van der Waals surface area contributed by atoms with Gasteiger partial charge in [-0.3, -0.25) is 4.98 Å². The van der Waals surface area contributed by atoms with Gasteiger partial charge in [0, 0.05) is 25.0 Å². The van der Waals surface area contributed by atoms with Gasteiger partial charge in [0.15, 0.2) is 0 Å². The van der Waals surface area contributed by atoms with Gasteiger partial charge in [0.2, 0.25) is 0 Å². The minimum Gasteiger partial charge on any atom is -0.305 e. The summed E-state index contributed by atoms with van der Waals surface area (Å²) in [5.74, 6) is 0. The van der Waals surface area contributed by atoms with E-state index in [4.69, 9.17) is 0 Å². The number of hydrogen-bond donors (Lipinski definition) is 1. The standard InChI is InChI=1S/C17H20N2/c1-17(2)10-14-7-3-4-8-15(14)16(17)19-12-13-6-5-9-18-11-13/h3-9,11,16,19H,10,12H2,1-2H3. The van der Waals surface area contributed by atoms with E-state index in [1.54, 1.807) is 0 Å². The molecule has 1 aromatic heterocycles. The van der Waals surface area contributed by atoms with Crippen LogP contribution in [0.15, 0.2) is 48.8 Å². The summed E-state index contributed by atoms with van der Waals surface area (Å²) in [6.07, 6.45) is 4.90. The fourth-order valence-corrected chi connectivity index (χ4v) is 3.10. The molecule has 0 aliphatic heterocycles. The number of nitrogens with zero attached hydrogens (tertiary/aromatic N) is 1. The zero-order valence-electron chi connectivity index (χ0n) is 11.6. The molecule has 0 bridgehead atoms. The van der Waals surface area contributed by atoms with Crippen LogP contribution < -0.4 is 5.32 Å². The summed E-state index contributed by atoms with van der Waals surface area (Å²) in [5.41, 5.74) is 4.45. The van der Waals surface area contributed by atoms with E-state index in [1.165, 1.54) is 16.7 Å². The Morgan fingerprint density at radius 3 is 2.84 bits per heavy atom. The zero-order valence-corrected chi connectivity index (χ0v) is 11.6. The Labute approximate surface area is 114 Å². The van der Waals surface area contributed by atoms with Crippen molar-refractivity contribution in [2.45, 2.75) is 32.9 Å². The highest BCUT2D eigenvalue weighted by atomic mass is 14.9. The van der Waals surface area contributed by atoms with E-state index < -0.39 is 0 Å². The molecule has 1 N–H and O–H groups in total. The topological polar surface area (TPSA) is 24.9 Å². The maximum absolute atomic E-state index is 4.17. The normalized spacial score (nSPS) is 20.2. The summed E-state index contributed by atoms with van der Waals surface area (Å²) >= 11 is 0. The van der Waals surface area contributed by atoms with E-state index in [0.717, 1.165) is 13.0 Å². The Morgan fingerprint density at radius 1 is 1.21 bits per heavy atom. The first kappa shape index (κ1) is 12.4. The number of nitrogens with one attached hydrogen (secondary N) is 1. The van der Waals surface area contributed by atoms with Crippen molar-refractivity contribution in [2.24, 2.45) is 5.41 Å². The molecule has 1 atom stereocenters. The van der Waals surface area contributed by atoms with Crippen molar-refractivity contribution in [2.75, 3.05) is 0 Å². The van der Waals surface area contributed by atoms with Gasteiger partial charge in [0.25, 0.3) is 0 Å². The number of rotatable bonds is 3. The first-order chi connectivity index (χ1) is 9.17. The molecule has 1 aliphatic carbocycles. The number of hydrogen-bond acceptors (Lipinski definition) is 2. The third-order valence-electron chi connectivity index (χ3n) is 4.03. The maximum atomic E-state index is 4.17. The van der Waals surface area contributed by atoms with Crippen LogP contribution in [0.2, 0.25) is 0 Å². The summed E-state index contributed by atoms with van der Waals surface area (Å²) in [6.45, 7) is 5.55. The molecule has 1 aliphatic rings. The Kier molecular flexibility index (Phi) is 3.11. The maximum Gasteiger partial charge on any atom is 0.0380 e. The van der Waals surface area contributed by atoms with Gasteiger partial charge < -0.3 is 5.32 Å². The molecule has 0 spiro atoms. The van der Waals surface area contributed by atoms with Crippen molar-refractivity contribution in [3.8, 4) is 0 Å². The van der Waals surface area contributed by atoms with Crippen molar-refractivity contribution >= 4 is 0 Å². The zero-order chi connectivity index (χ0) is 13.3. The van der Waals surface area contributed by atoms with E-state index in [0.29, 0.717) is 6.04 Å². The van der Waals surface area contributed by atoms with Crippen LogP contribution in [0, 0.1) is 5.41 Å². The summed E-state index contributed by atoms with van der Waals surface area (Å²) in [5, 5.41) is 3.70. The smallest absolute Gasteiger partial charge is 0.0380 e. The largest absolute Gasteiger partial charge is 0.305 e. The quantitative estimate of drug-likeness (QED) is 0.904. The second kappa shape index (κ2) is 4.78. The molecule has 0 amide bonds. The van der Waals surface area contributed by atoms with Gasteiger partial charge in [0.1, 0.15) is 0 Å². The van der Waals surface area contributed by atoms with Gasteiger partial charge in [-0.25, -0.2) is 0 Å². The van der Waals surface area contributed by atoms with Crippen LogP contribution in [-0.2, 0) is 13.0 Å². The van der Waals surface area contributed by atoms with Crippen LogP contribution >= 0.6 is 0 Å². The lowest BCUT2D eigenvalue weighted by molar-refractivity contribution is 0.268. The summed E-state index contributed by atoms with van der Waals surface area (Å²) in [7, 11) is 0. The third-order valence-corrected chi connectivity index (χ3v) is 4.03. The van der Waals surface area contributed by atoms with Crippen LogP contribution in [0.4, 0.5) is 0 Å². The van der Waals surface area contributed by atoms with Gasteiger partial charge in [-0.1, -0.05) is 44.2 Å². The van der Waals surface area contributed by atoms with Crippen LogP contribution in [0.25, 0.3) is 0 Å². The summed E-state index contributed by atoms with van der Waals surface area (Å²) in [4.78, 5) is 4.17. The summed E-state index contributed by atoms with van der Waals surface area (Å²) < 4.78 is 0. The second-order valence-electron chi connectivity index (χ2n) is 6.04. The van der Waals surface area contributed by atoms with Gasteiger partial charge >= 0.3 is 0 Å². The average Bonchev–Trinajstić information content (AvgIpc) is 2.67. The molecule has 3 rings (SSSR count). The van der Waals surface area contributed by atoms with Crippen molar-refractivity contribution in [3.63, 3.8) is 0 Å². The second-order valence-corrected chi connectivity index (χ2v) is 6.04. The monoisotopic (exact) mass is 252 g/mol. The van der Waals surface area contributed by atoms with E-state index in [-0.39, 0.29) is 5.41 Å². The minimum absolute atomic E-state index is 0.270. The highest BCUT2D eigenvalue weighted by Crippen LogP contribution is 2.44. The number of aromatic nitrogens is 1. The highest BCUT2D eigenvalue weighted by molar-refractivity contribution is 5.37. The van der Waals surface area contributed by atoms with Crippen LogP contribution in [-0.4, -0.2) is 4.98 Å². The van der Waals surface area contributed by atoms with Crippen LogP contribution in [0.3, 0.4) is 0 Å². The molecule has 0 fully saturated rings. The lowest BCUT2D eigenvalue weighted by atomic mass is 9.85. The Balaban J connectivity index is 1.80. The fourth-order valence-electron chi connectivity index (χ4n) is 3.10. The predicted molar refractivity (Wildman–Crippen MR) is 77.7 cm³/mol. The van der Waals surface area contributed by atoms with E-state index in [9.17, 15) is 0 Å². The van der Waals surface area contributed by atoms with E-state index >= 15 is 0 Å². The first-order valence-corrected chi connectivity index (χ1v) is 6.87. The van der Waals surface area contributed by atoms with Gasteiger partial charge in [0.05, 0.1) is 0 Å². The number of fused-ring (bicyclic) bond motifs is 1. The molecule has 0 saturated carbocycles. The number of benzene rings is 1. The Morgan fingerprint density at radius 2 is 2.05 bits per heavy atom. The SMILES string of the molecule is CC1(C)Cc2ccccc2C1NCc1cccnc1. The molecule has 1 unspecified atom stereocenters. The molecule has 1 aromatic carbocycles. The molecule has 1 heterocycles. The van der Waals surface area contributed by atoms with Crippen molar-refractivity contribution in [3.05, 3.63) is 65.5 Å². The molecular formula is C17H20N2. The molecule has 2 aromatic rings. The third kappa shape index (κ3) is 2.41. The molecule has 0 radical (unpaired) electrons. The molecule has 2 nitrogen and oxygen atoms in total. The molecule has 0 saturated heterocycles. The van der Waals surface area contributed by atoms with Crippen LogP contribution in [0.1, 0.15) is 36.6 Å². The Bertz CT molecular complexity index is 560. The molecule has 2 heteroatoms. The first-order valence-electron chi connectivity index (χ1n) is 6.87. The van der Waals surface area contributed by atoms with Gasteiger partial charge in [-0.05, 0) is 34.6 Å². The van der Waals surface area contributed by atoms with Crippen molar-refractivity contribution in [1.82, 2.24) is 10.3 Å². The minimum atomic E-state index is 0.270. The van der Waals surface area contributed by atoms with Gasteiger partial charge in [-0.15, -0.1) is 0 Å². The van der Waals surface area contributed by atoms with Crippen molar-refractivity contribution in [1.29, 1.82) is 0 Å². The van der Waals surface area contributed by atoms with Gasteiger partial charge in [-0.2, -0.15) is 0 Å². The molecule has 19 heavy (non-hydrogen) atoms. The predicted octanol–water partition coefficient (Wildman–Crippen LogP) is 3.49. The molecular weight excluding hydrogens is 232 g/mol. The lowest BCUT2D eigenvalue weighted by Gasteiger charge is -2.28. The lowest BCUT2D eigenvalue weighted by Crippen LogP contribution is -2.30. The highest BCUT2D eigenvalue weighted by Gasteiger charge is 2.38. The van der Waals surface area contributed by atoms with E-state index in [1.807, 2.05) is 18.5 Å². The van der Waals surface area contributed by atoms with Crippen molar-refractivity contribution < 1.29 is 0 Å². The average molecular weight is 252 g/mol.